The Balaban J connectivity index is 1.86. The number of aromatic amines is 1. The third kappa shape index (κ3) is 3.04. The third-order valence-electron chi connectivity index (χ3n) is 9.50. The molecule has 0 spiro atoms. The average molecular weight is 443 g/mol. The Labute approximate surface area is 188 Å². The van der Waals surface area contributed by atoms with E-state index in [9.17, 15) is 19.5 Å². The van der Waals surface area contributed by atoms with Crippen molar-refractivity contribution in [2.45, 2.75) is 72.0 Å². The lowest BCUT2D eigenvalue weighted by molar-refractivity contribution is -0.192. The van der Waals surface area contributed by atoms with Crippen LogP contribution in [0, 0.1) is 34.0 Å². The minimum Gasteiger partial charge on any atom is -0.458 e. The van der Waals surface area contributed by atoms with Crippen LogP contribution in [0.1, 0.15) is 70.2 Å². The zero-order valence-electron chi connectivity index (χ0n) is 19.4. The second-order valence-electron chi connectivity index (χ2n) is 10.8. The second-order valence-corrected chi connectivity index (χ2v) is 10.8. The molecule has 0 saturated heterocycles. The maximum Gasteiger partial charge on any atom is 0.344 e. The van der Waals surface area contributed by atoms with E-state index in [2.05, 4.69) is 37.5 Å². The van der Waals surface area contributed by atoms with Crippen molar-refractivity contribution in [3.05, 3.63) is 40.8 Å². The van der Waals surface area contributed by atoms with Crippen LogP contribution in [0.15, 0.2) is 29.7 Å². The number of Topliss-reactive ketones (excluding diaryl/α,β-unsaturated/α-hetero) is 1. The molecule has 7 nitrogen and oxygen atoms in total. The van der Waals surface area contributed by atoms with Crippen molar-refractivity contribution < 1.29 is 19.4 Å². The number of aromatic nitrogens is 2. The molecule has 1 aromatic heterocycles. The van der Waals surface area contributed by atoms with Crippen molar-refractivity contribution in [2.24, 2.45) is 34.0 Å². The number of aliphatic hydroxyl groups excluding tert-OH is 1. The van der Waals surface area contributed by atoms with Gasteiger partial charge in [0.15, 0.2) is 0 Å². The van der Waals surface area contributed by atoms with E-state index < -0.39 is 34.6 Å². The molecule has 32 heavy (non-hydrogen) atoms. The predicted octanol–water partition coefficient (Wildman–Crippen LogP) is 3.29. The monoisotopic (exact) mass is 442 g/mol. The summed E-state index contributed by atoms with van der Waals surface area (Å²) in [5, 5.41) is 17.4. The van der Waals surface area contributed by atoms with Gasteiger partial charge in [-0.2, -0.15) is 5.10 Å². The Bertz CT molecular complexity index is 1000. The Hall–Kier alpha value is -2.28. The summed E-state index contributed by atoms with van der Waals surface area (Å²) < 4.78 is 6.09. The first-order valence-corrected chi connectivity index (χ1v) is 11.6. The van der Waals surface area contributed by atoms with Gasteiger partial charge in [0.25, 0.3) is 5.56 Å². The molecule has 2 N–H and O–H groups in total. The van der Waals surface area contributed by atoms with Gasteiger partial charge in [-0.1, -0.05) is 33.8 Å². The molecular weight excluding hydrogens is 408 g/mol. The number of carbonyl (C=O) groups excluding carboxylic acids is 2. The standard InChI is InChI=1S/C25H34N2O5/c1-6-23(4)13-18(32-22(31)16-9-12-26-27-21(16)30)24(5)14(2)7-10-25(15(3)20(23)29)11-8-17(28)19(24)25/h6,9,12,14-15,18-20,29H,1,7-8,10-11,13H2,2-5H3,(H,27,30)/t14?,15-,18+,19?,20-,23+,24-,25?/m0/s1. The van der Waals surface area contributed by atoms with Gasteiger partial charge in [-0.15, -0.1) is 6.58 Å². The molecule has 3 aliphatic carbocycles. The van der Waals surface area contributed by atoms with E-state index >= 15 is 0 Å². The Morgan fingerprint density at radius 3 is 2.69 bits per heavy atom. The van der Waals surface area contributed by atoms with Crippen molar-refractivity contribution in [2.75, 3.05) is 0 Å². The van der Waals surface area contributed by atoms with E-state index in [0.29, 0.717) is 12.8 Å². The SMILES string of the molecule is C=C[C@]1(C)C[C@@H](OC(=O)c2ccn[nH]c2=O)[C@]2(C)C(C)CCC3(CCC(=O)C32)[C@@H](C)[C@@H]1O. The summed E-state index contributed by atoms with van der Waals surface area (Å²) in [7, 11) is 0. The van der Waals surface area contributed by atoms with Crippen LogP contribution < -0.4 is 5.56 Å². The molecule has 1 heterocycles. The molecule has 174 valence electrons. The largest absolute Gasteiger partial charge is 0.458 e. The number of hydrogen-bond acceptors (Lipinski definition) is 6. The van der Waals surface area contributed by atoms with Gasteiger partial charge in [0, 0.05) is 29.4 Å². The van der Waals surface area contributed by atoms with Crippen molar-refractivity contribution in [3.63, 3.8) is 0 Å². The summed E-state index contributed by atoms with van der Waals surface area (Å²) >= 11 is 0. The molecule has 0 amide bonds. The second kappa shape index (κ2) is 7.65. The number of esters is 1. The van der Waals surface area contributed by atoms with Crippen molar-refractivity contribution in [1.82, 2.24) is 10.2 Å². The highest BCUT2D eigenvalue weighted by atomic mass is 16.5. The highest BCUT2D eigenvalue weighted by Gasteiger charge is 2.68. The van der Waals surface area contributed by atoms with E-state index in [4.69, 9.17) is 4.74 Å². The summed E-state index contributed by atoms with van der Waals surface area (Å²) in [6, 6.07) is 1.34. The first kappa shape index (κ1) is 22.9. The van der Waals surface area contributed by atoms with Gasteiger partial charge >= 0.3 is 5.97 Å². The fraction of sp³-hybridized carbons (Fsp3) is 0.680. The highest BCUT2D eigenvalue weighted by molar-refractivity contribution is 5.89. The molecule has 7 heteroatoms. The first-order chi connectivity index (χ1) is 15.0. The number of carbonyl (C=O) groups is 2. The fourth-order valence-corrected chi connectivity index (χ4v) is 7.20. The molecular formula is C25H34N2O5. The molecule has 3 unspecified atom stereocenters. The van der Waals surface area contributed by atoms with Gasteiger partial charge in [0.05, 0.1) is 6.10 Å². The molecule has 3 saturated carbocycles. The number of H-pyrrole nitrogens is 1. The minimum atomic E-state index is -0.733. The first-order valence-electron chi connectivity index (χ1n) is 11.6. The molecule has 0 radical (unpaired) electrons. The topological polar surface area (TPSA) is 109 Å². The molecule has 2 bridgehead atoms. The van der Waals surface area contributed by atoms with E-state index in [1.54, 1.807) is 6.08 Å². The number of ether oxygens (including phenoxy) is 1. The van der Waals surface area contributed by atoms with Gasteiger partial charge < -0.3 is 9.84 Å². The third-order valence-corrected chi connectivity index (χ3v) is 9.50. The molecule has 3 aliphatic rings. The molecule has 4 rings (SSSR count). The van der Waals surface area contributed by atoms with Crippen LogP contribution in [0.4, 0.5) is 0 Å². The lowest BCUT2D eigenvalue weighted by atomic mass is 9.44. The zero-order chi connectivity index (χ0) is 23.5. The van der Waals surface area contributed by atoms with Crippen molar-refractivity contribution in [1.29, 1.82) is 0 Å². The van der Waals surface area contributed by atoms with Gasteiger partial charge in [-0.3, -0.25) is 9.59 Å². The average Bonchev–Trinajstić information content (AvgIpc) is 3.12. The summed E-state index contributed by atoms with van der Waals surface area (Å²) in [6.45, 7) is 12.2. The van der Waals surface area contributed by atoms with Gasteiger partial charge in [-0.25, -0.2) is 9.89 Å². The lowest BCUT2D eigenvalue weighted by Gasteiger charge is -2.61. The Morgan fingerprint density at radius 2 is 2.03 bits per heavy atom. The highest BCUT2D eigenvalue weighted by Crippen LogP contribution is 2.68. The van der Waals surface area contributed by atoms with Crippen LogP contribution in [0.3, 0.4) is 0 Å². The molecule has 1 aromatic rings. The van der Waals surface area contributed by atoms with Gasteiger partial charge in [0.1, 0.15) is 17.5 Å². The quantitative estimate of drug-likeness (QED) is 0.549. The predicted molar refractivity (Wildman–Crippen MR) is 119 cm³/mol. The molecule has 0 aromatic carbocycles. The Morgan fingerprint density at radius 1 is 1.31 bits per heavy atom. The number of nitrogens with one attached hydrogen (secondary N) is 1. The summed E-state index contributed by atoms with van der Waals surface area (Å²) in [5.74, 6) is -0.793. The van der Waals surface area contributed by atoms with E-state index in [1.807, 2.05) is 6.92 Å². The number of ketones is 1. The zero-order valence-corrected chi connectivity index (χ0v) is 19.4. The molecule has 3 fully saturated rings. The van der Waals surface area contributed by atoms with E-state index in [1.165, 1.54) is 12.3 Å². The van der Waals surface area contributed by atoms with Crippen LogP contribution in [-0.2, 0) is 9.53 Å². The molecule has 8 atom stereocenters. The van der Waals surface area contributed by atoms with Crippen LogP contribution in [0.2, 0.25) is 0 Å². The normalized spacial score (nSPS) is 43.7. The number of aliphatic hydroxyl groups is 1. The van der Waals surface area contributed by atoms with Crippen molar-refractivity contribution >= 4 is 11.8 Å². The van der Waals surface area contributed by atoms with Crippen molar-refractivity contribution in [3.8, 4) is 0 Å². The smallest absolute Gasteiger partial charge is 0.344 e. The van der Waals surface area contributed by atoms with Crippen LogP contribution in [0.5, 0.6) is 0 Å². The minimum absolute atomic E-state index is 0.0894. The van der Waals surface area contributed by atoms with Crippen LogP contribution >= 0.6 is 0 Å². The fourth-order valence-electron chi connectivity index (χ4n) is 7.20. The van der Waals surface area contributed by atoms with Crippen LogP contribution in [-0.4, -0.2) is 39.3 Å². The lowest BCUT2D eigenvalue weighted by Crippen LogP contribution is -2.63. The van der Waals surface area contributed by atoms with Crippen LogP contribution in [0.25, 0.3) is 0 Å². The van der Waals surface area contributed by atoms with Gasteiger partial charge in [0.2, 0.25) is 0 Å². The van der Waals surface area contributed by atoms with Gasteiger partial charge in [-0.05, 0) is 49.0 Å². The molecule has 0 aliphatic heterocycles. The maximum absolute atomic E-state index is 13.4. The number of hydrogen-bond donors (Lipinski definition) is 2. The summed E-state index contributed by atoms with van der Waals surface area (Å²) in [4.78, 5) is 38.6. The number of nitrogens with zero attached hydrogens (tertiary/aromatic N) is 1. The number of rotatable bonds is 3. The summed E-state index contributed by atoms with van der Waals surface area (Å²) in [5.41, 5.74) is -2.39. The van der Waals surface area contributed by atoms with E-state index in [0.717, 1.165) is 19.3 Å². The summed E-state index contributed by atoms with van der Waals surface area (Å²) in [6.07, 6.45) is 5.04. The van der Waals surface area contributed by atoms with E-state index in [-0.39, 0.29) is 34.5 Å². The maximum atomic E-state index is 13.4. The Kier molecular flexibility index (Phi) is 5.47.